The smallest absolute Gasteiger partial charge is 0.275 e. The fraction of sp³-hybridized carbons (Fsp3) is 0.286. The van der Waals surface area contributed by atoms with Crippen LogP contribution in [0.25, 0.3) is 5.65 Å². The molecule has 1 saturated heterocycles. The third kappa shape index (κ3) is 3.83. The highest BCUT2D eigenvalue weighted by Gasteiger charge is 2.21. The summed E-state index contributed by atoms with van der Waals surface area (Å²) in [6.45, 7) is 3.49. The lowest BCUT2D eigenvalue weighted by molar-refractivity contribution is 0.102. The fourth-order valence-corrected chi connectivity index (χ4v) is 3.92. The van der Waals surface area contributed by atoms with Crippen molar-refractivity contribution in [3.63, 3.8) is 0 Å². The maximum atomic E-state index is 14.2. The summed E-state index contributed by atoms with van der Waals surface area (Å²) in [7, 11) is 0. The van der Waals surface area contributed by atoms with E-state index in [1.54, 1.807) is 36.1 Å². The molecule has 10 heteroatoms. The Kier molecular flexibility index (Phi) is 4.81. The van der Waals surface area contributed by atoms with Crippen LogP contribution in [-0.2, 0) is 0 Å². The van der Waals surface area contributed by atoms with Gasteiger partial charge in [-0.15, -0.1) is 0 Å². The summed E-state index contributed by atoms with van der Waals surface area (Å²) in [6.07, 6.45) is 14.0. The topological polar surface area (TPSA) is 93.2 Å². The van der Waals surface area contributed by atoms with Crippen molar-refractivity contribution in [1.82, 2.24) is 28.9 Å². The van der Waals surface area contributed by atoms with Crippen LogP contribution in [0.3, 0.4) is 0 Å². The standard InChI is InChI=1S/C21H21FN8O/c1-14-11-30-12-15(8-17(22)20(30)26-14)27-21(31)18-9-25-19(10-24-18)28-5-2-16(3-6-28)29-7-4-23-13-29/h4,7-13,16H,2-3,5-6H2,1H3,(H,27,31). The van der Waals surface area contributed by atoms with Crippen molar-refractivity contribution in [3.8, 4) is 0 Å². The predicted octanol–water partition coefficient (Wildman–Crippen LogP) is 2.86. The first-order valence-electron chi connectivity index (χ1n) is 10.1. The SMILES string of the molecule is Cc1cn2cc(NC(=O)c3cnc(N4CCC(n5ccnc5)CC4)cn3)cc(F)c2n1. The number of pyridine rings is 1. The summed E-state index contributed by atoms with van der Waals surface area (Å²) in [6, 6.07) is 1.68. The van der Waals surface area contributed by atoms with E-state index in [4.69, 9.17) is 0 Å². The highest BCUT2D eigenvalue weighted by atomic mass is 19.1. The number of carbonyl (C=O) groups is 1. The Hall–Kier alpha value is -3.82. The Morgan fingerprint density at radius 1 is 1.19 bits per heavy atom. The van der Waals surface area contributed by atoms with Gasteiger partial charge in [-0.3, -0.25) is 4.79 Å². The summed E-state index contributed by atoms with van der Waals surface area (Å²) in [5, 5.41) is 2.67. The van der Waals surface area contributed by atoms with E-state index in [0.717, 1.165) is 31.7 Å². The lowest BCUT2D eigenvalue weighted by Gasteiger charge is -2.33. The molecule has 9 nitrogen and oxygen atoms in total. The predicted molar refractivity (Wildman–Crippen MR) is 113 cm³/mol. The van der Waals surface area contributed by atoms with E-state index in [1.807, 2.05) is 12.5 Å². The molecule has 0 aliphatic carbocycles. The van der Waals surface area contributed by atoms with Gasteiger partial charge in [0.05, 0.1) is 30.1 Å². The molecule has 1 amide bonds. The van der Waals surface area contributed by atoms with Crippen LogP contribution < -0.4 is 10.2 Å². The van der Waals surface area contributed by atoms with Crippen LogP contribution in [0.1, 0.15) is 35.1 Å². The number of rotatable bonds is 4. The summed E-state index contributed by atoms with van der Waals surface area (Å²) < 4.78 is 17.9. The second-order valence-corrected chi connectivity index (χ2v) is 7.63. The van der Waals surface area contributed by atoms with Gasteiger partial charge in [0.15, 0.2) is 11.5 Å². The van der Waals surface area contributed by atoms with Gasteiger partial charge in [-0.1, -0.05) is 0 Å². The molecule has 0 bridgehead atoms. The van der Waals surface area contributed by atoms with Crippen LogP contribution >= 0.6 is 0 Å². The number of hydrogen-bond acceptors (Lipinski definition) is 6. The minimum Gasteiger partial charge on any atom is -0.355 e. The van der Waals surface area contributed by atoms with E-state index in [1.165, 1.54) is 12.3 Å². The first kappa shape index (κ1) is 19.2. The summed E-state index contributed by atoms with van der Waals surface area (Å²) >= 11 is 0. The van der Waals surface area contributed by atoms with E-state index < -0.39 is 11.7 Å². The number of halogens is 1. The second kappa shape index (κ2) is 7.78. The number of fused-ring (bicyclic) bond motifs is 1. The molecule has 0 aromatic carbocycles. The van der Waals surface area contributed by atoms with Crippen molar-refractivity contribution in [2.45, 2.75) is 25.8 Å². The second-order valence-electron chi connectivity index (χ2n) is 7.63. The van der Waals surface area contributed by atoms with Gasteiger partial charge in [-0.25, -0.2) is 24.3 Å². The molecule has 4 aromatic heterocycles. The van der Waals surface area contributed by atoms with Crippen molar-refractivity contribution in [2.24, 2.45) is 0 Å². The van der Waals surface area contributed by atoms with E-state index >= 15 is 0 Å². The maximum absolute atomic E-state index is 14.2. The zero-order valence-electron chi connectivity index (χ0n) is 16.9. The molecule has 1 N–H and O–H groups in total. The van der Waals surface area contributed by atoms with Crippen molar-refractivity contribution < 1.29 is 9.18 Å². The average Bonchev–Trinajstić information content (AvgIpc) is 3.44. The van der Waals surface area contributed by atoms with Gasteiger partial charge in [0.2, 0.25) is 0 Å². The minimum absolute atomic E-state index is 0.166. The molecular formula is C21H21FN8O. The minimum atomic E-state index is -0.508. The molecule has 1 aliphatic heterocycles. The molecule has 0 saturated carbocycles. The van der Waals surface area contributed by atoms with Gasteiger partial charge in [-0.05, 0) is 19.8 Å². The number of carbonyl (C=O) groups excluding carboxylic acids is 1. The Morgan fingerprint density at radius 3 is 2.74 bits per heavy atom. The summed E-state index contributed by atoms with van der Waals surface area (Å²) in [5.41, 5.74) is 1.40. The number of imidazole rings is 2. The fourth-order valence-electron chi connectivity index (χ4n) is 3.92. The van der Waals surface area contributed by atoms with Gasteiger partial charge in [0, 0.05) is 50.0 Å². The number of hydrogen-bond donors (Lipinski definition) is 1. The third-order valence-corrected chi connectivity index (χ3v) is 5.49. The summed E-state index contributed by atoms with van der Waals surface area (Å²) in [5.74, 6) is -0.220. The van der Waals surface area contributed by atoms with Gasteiger partial charge in [0.25, 0.3) is 5.91 Å². The van der Waals surface area contributed by atoms with Crippen LogP contribution in [-0.4, -0.2) is 47.9 Å². The monoisotopic (exact) mass is 420 g/mol. The Morgan fingerprint density at radius 2 is 2.03 bits per heavy atom. The van der Waals surface area contributed by atoms with Crippen LogP contribution in [0, 0.1) is 12.7 Å². The van der Waals surface area contributed by atoms with Crippen molar-refractivity contribution >= 4 is 23.1 Å². The van der Waals surface area contributed by atoms with Crippen molar-refractivity contribution in [3.05, 3.63) is 66.8 Å². The molecular weight excluding hydrogens is 399 g/mol. The van der Waals surface area contributed by atoms with Crippen molar-refractivity contribution in [2.75, 3.05) is 23.3 Å². The molecule has 4 aromatic rings. The van der Waals surface area contributed by atoms with Gasteiger partial charge in [0.1, 0.15) is 11.5 Å². The number of aryl methyl sites for hydroxylation is 1. The first-order valence-corrected chi connectivity index (χ1v) is 10.1. The number of nitrogens with zero attached hydrogens (tertiary/aromatic N) is 7. The van der Waals surface area contributed by atoms with Crippen LogP contribution in [0.4, 0.5) is 15.9 Å². The number of amides is 1. The molecule has 0 radical (unpaired) electrons. The first-order chi connectivity index (χ1) is 15.1. The van der Waals surface area contributed by atoms with Crippen molar-refractivity contribution in [1.29, 1.82) is 0 Å². The Labute approximate surface area is 177 Å². The van der Waals surface area contributed by atoms with E-state index in [9.17, 15) is 9.18 Å². The lowest BCUT2D eigenvalue weighted by Crippen LogP contribution is -2.35. The zero-order valence-corrected chi connectivity index (χ0v) is 16.9. The van der Waals surface area contributed by atoms with E-state index in [-0.39, 0.29) is 11.3 Å². The Bertz CT molecular complexity index is 1210. The van der Waals surface area contributed by atoms with Crippen LogP contribution in [0.15, 0.2) is 49.6 Å². The van der Waals surface area contributed by atoms with Gasteiger partial charge >= 0.3 is 0 Å². The molecule has 5 heterocycles. The highest BCUT2D eigenvalue weighted by molar-refractivity contribution is 6.02. The third-order valence-electron chi connectivity index (χ3n) is 5.49. The summed E-state index contributed by atoms with van der Waals surface area (Å²) in [4.78, 5) is 31.6. The van der Waals surface area contributed by atoms with Crippen LogP contribution in [0.5, 0.6) is 0 Å². The molecule has 1 fully saturated rings. The van der Waals surface area contributed by atoms with Crippen LogP contribution in [0.2, 0.25) is 0 Å². The highest BCUT2D eigenvalue weighted by Crippen LogP contribution is 2.25. The van der Waals surface area contributed by atoms with Gasteiger partial charge < -0.3 is 19.2 Å². The number of nitrogens with one attached hydrogen (secondary N) is 1. The normalized spacial score (nSPS) is 14.8. The van der Waals surface area contributed by atoms with E-state index in [0.29, 0.717) is 17.4 Å². The molecule has 0 spiro atoms. The largest absolute Gasteiger partial charge is 0.355 e. The Balaban J connectivity index is 1.24. The molecule has 158 valence electrons. The quantitative estimate of drug-likeness (QED) is 0.546. The van der Waals surface area contributed by atoms with E-state index in [2.05, 4.69) is 34.7 Å². The molecule has 5 rings (SSSR count). The maximum Gasteiger partial charge on any atom is 0.275 e. The van der Waals surface area contributed by atoms with Gasteiger partial charge in [-0.2, -0.15) is 0 Å². The lowest BCUT2D eigenvalue weighted by atomic mass is 10.1. The molecule has 0 atom stereocenters. The molecule has 1 aliphatic rings. The number of aromatic nitrogens is 6. The molecule has 0 unspecified atom stereocenters. The average molecular weight is 420 g/mol. The number of anilines is 2. The zero-order chi connectivity index (χ0) is 21.4. The molecule has 31 heavy (non-hydrogen) atoms. The number of piperidine rings is 1.